The number of pyridine rings is 1. The van der Waals surface area contributed by atoms with Gasteiger partial charge in [0, 0.05) is 50.0 Å². The van der Waals surface area contributed by atoms with E-state index in [-0.39, 0.29) is 18.0 Å². The van der Waals surface area contributed by atoms with E-state index in [0.29, 0.717) is 18.8 Å². The Morgan fingerprint density at radius 1 is 1.06 bits per heavy atom. The monoisotopic (exact) mass is 475 g/mol. The number of likely N-dealkylation sites (tertiary alicyclic amines) is 1. The summed E-state index contributed by atoms with van der Waals surface area (Å²) in [5.41, 5.74) is 0.0955. The van der Waals surface area contributed by atoms with E-state index >= 15 is 0 Å². The van der Waals surface area contributed by atoms with Crippen LogP contribution in [-0.2, 0) is 21.4 Å². The third kappa shape index (κ3) is 3.43. The minimum Gasteiger partial charge on any atom is -0.396 e. The number of aliphatic hydroxyl groups is 1. The number of piperidine rings is 1. The van der Waals surface area contributed by atoms with Crippen molar-refractivity contribution in [3.05, 3.63) is 64.3 Å². The van der Waals surface area contributed by atoms with Crippen molar-refractivity contribution in [2.75, 3.05) is 19.7 Å². The number of hydrogen-bond donors (Lipinski definition) is 1. The second kappa shape index (κ2) is 8.34. The molecule has 4 atom stereocenters. The van der Waals surface area contributed by atoms with Crippen molar-refractivity contribution in [1.29, 1.82) is 0 Å². The van der Waals surface area contributed by atoms with Crippen molar-refractivity contribution < 1.29 is 22.7 Å². The highest BCUT2D eigenvalue weighted by Gasteiger charge is 2.60. The minimum absolute atomic E-state index is 0.00576. The standard InChI is InChI=1S/C23H26FN3O5S/c24-16-7-2-3-9-19(16)33(31,32)27-18-13-26-17(8-6-10-20(26)29)22(27)21(15(18)14-28)23(30)25-11-4-1-5-12-25/h2-3,6-10,15,18,21-22,28H,1,4-5,11-14H2/t15-,18-,21+,22+/m1/s1. The molecule has 2 bridgehead atoms. The Hall–Kier alpha value is -2.56. The summed E-state index contributed by atoms with van der Waals surface area (Å²) in [5.74, 6) is -2.69. The molecule has 1 amide bonds. The molecule has 1 aromatic heterocycles. The number of aliphatic hydroxyl groups excluding tert-OH is 1. The number of halogens is 1. The molecule has 0 unspecified atom stereocenters. The van der Waals surface area contributed by atoms with Crippen LogP contribution in [0.4, 0.5) is 4.39 Å². The number of nitrogens with zero attached hydrogens (tertiary/aromatic N) is 3. The van der Waals surface area contributed by atoms with Gasteiger partial charge in [-0.25, -0.2) is 12.8 Å². The molecule has 5 rings (SSSR count). The smallest absolute Gasteiger partial charge is 0.250 e. The molecule has 3 aliphatic heterocycles. The van der Waals surface area contributed by atoms with Crippen LogP contribution in [0.25, 0.3) is 0 Å². The van der Waals surface area contributed by atoms with E-state index in [4.69, 9.17) is 0 Å². The number of benzene rings is 1. The second-order valence-corrected chi connectivity index (χ2v) is 10.7. The van der Waals surface area contributed by atoms with Gasteiger partial charge in [-0.2, -0.15) is 4.31 Å². The number of amides is 1. The number of hydrogen-bond acceptors (Lipinski definition) is 5. The maximum atomic E-state index is 14.6. The summed E-state index contributed by atoms with van der Waals surface area (Å²) in [4.78, 5) is 27.6. The van der Waals surface area contributed by atoms with Crippen LogP contribution in [0.5, 0.6) is 0 Å². The molecule has 2 fully saturated rings. The Kier molecular flexibility index (Phi) is 5.62. The van der Waals surface area contributed by atoms with Gasteiger partial charge in [0.15, 0.2) is 0 Å². The van der Waals surface area contributed by atoms with Gasteiger partial charge in [0.1, 0.15) is 10.7 Å². The largest absolute Gasteiger partial charge is 0.396 e. The van der Waals surface area contributed by atoms with Crippen molar-refractivity contribution in [1.82, 2.24) is 13.8 Å². The highest BCUT2D eigenvalue weighted by atomic mass is 32.2. The zero-order valence-electron chi connectivity index (χ0n) is 18.0. The fourth-order valence-corrected chi connectivity index (χ4v) is 7.62. The van der Waals surface area contributed by atoms with Crippen LogP contribution in [0.2, 0.25) is 0 Å². The van der Waals surface area contributed by atoms with Gasteiger partial charge in [-0.3, -0.25) is 9.59 Å². The number of sulfonamides is 1. The van der Waals surface area contributed by atoms with Gasteiger partial charge in [0.25, 0.3) is 5.56 Å². The lowest BCUT2D eigenvalue weighted by molar-refractivity contribution is -0.139. The molecule has 1 aromatic carbocycles. The zero-order chi connectivity index (χ0) is 23.3. The molecule has 0 spiro atoms. The average molecular weight is 476 g/mol. The molecule has 8 nitrogen and oxygen atoms in total. The molecular weight excluding hydrogens is 449 g/mol. The molecule has 176 valence electrons. The predicted molar refractivity (Wildman–Crippen MR) is 117 cm³/mol. The lowest BCUT2D eigenvalue weighted by Gasteiger charge is -2.37. The van der Waals surface area contributed by atoms with E-state index in [2.05, 4.69) is 0 Å². The first-order valence-electron chi connectivity index (χ1n) is 11.2. The Labute approximate surface area is 191 Å². The van der Waals surface area contributed by atoms with Gasteiger partial charge >= 0.3 is 0 Å². The molecule has 2 aromatic rings. The Morgan fingerprint density at radius 2 is 1.79 bits per heavy atom. The van der Waals surface area contributed by atoms with Crippen LogP contribution in [0.3, 0.4) is 0 Å². The molecule has 33 heavy (non-hydrogen) atoms. The Morgan fingerprint density at radius 3 is 2.48 bits per heavy atom. The van der Waals surface area contributed by atoms with E-state index in [0.717, 1.165) is 25.3 Å². The summed E-state index contributed by atoms with van der Waals surface area (Å²) >= 11 is 0. The molecule has 4 heterocycles. The fourth-order valence-electron chi connectivity index (χ4n) is 5.71. The fraction of sp³-hybridized carbons (Fsp3) is 0.478. The third-order valence-corrected chi connectivity index (χ3v) is 9.15. The maximum absolute atomic E-state index is 14.6. The van der Waals surface area contributed by atoms with Gasteiger partial charge in [0.2, 0.25) is 15.9 Å². The lowest BCUT2D eigenvalue weighted by atomic mass is 9.86. The quantitative estimate of drug-likeness (QED) is 0.720. The van der Waals surface area contributed by atoms with E-state index < -0.39 is 51.3 Å². The number of carbonyl (C=O) groups is 1. The highest BCUT2D eigenvalue weighted by molar-refractivity contribution is 7.89. The minimum atomic E-state index is -4.36. The van der Waals surface area contributed by atoms with Gasteiger partial charge < -0.3 is 14.6 Å². The van der Waals surface area contributed by atoms with Gasteiger partial charge in [0.05, 0.1) is 12.0 Å². The summed E-state index contributed by atoms with van der Waals surface area (Å²) in [7, 11) is -4.36. The SMILES string of the molecule is O=C([C@H]1[C@H](CO)[C@H]2Cn3c(cccc3=O)[C@@H]1N2S(=O)(=O)c1ccccc1F)N1CCCCC1. The molecule has 3 aliphatic rings. The first kappa shape index (κ1) is 22.2. The van der Waals surface area contributed by atoms with Gasteiger partial charge in [-0.1, -0.05) is 18.2 Å². The first-order valence-corrected chi connectivity index (χ1v) is 12.7. The van der Waals surface area contributed by atoms with Crippen LogP contribution in [0.1, 0.15) is 31.0 Å². The van der Waals surface area contributed by atoms with Gasteiger partial charge in [-0.15, -0.1) is 0 Å². The lowest BCUT2D eigenvalue weighted by Crippen LogP contribution is -2.49. The Balaban J connectivity index is 1.68. The summed E-state index contributed by atoms with van der Waals surface area (Å²) in [6.45, 7) is 0.727. The third-order valence-electron chi connectivity index (χ3n) is 7.21. The van der Waals surface area contributed by atoms with E-state index in [1.165, 1.54) is 39.2 Å². The normalized spacial score (nSPS) is 27.4. The van der Waals surface area contributed by atoms with Crippen molar-refractivity contribution in [3.63, 3.8) is 0 Å². The number of rotatable bonds is 4. The van der Waals surface area contributed by atoms with Crippen molar-refractivity contribution >= 4 is 15.9 Å². The topological polar surface area (TPSA) is 99.9 Å². The summed E-state index contributed by atoms with van der Waals surface area (Å²) < 4.78 is 44.8. The van der Waals surface area contributed by atoms with Crippen molar-refractivity contribution in [3.8, 4) is 0 Å². The van der Waals surface area contributed by atoms with Crippen LogP contribution < -0.4 is 5.56 Å². The van der Waals surface area contributed by atoms with Gasteiger partial charge in [-0.05, 0) is 37.5 Å². The van der Waals surface area contributed by atoms with E-state index in [1.54, 1.807) is 11.0 Å². The van der Waals surface area contributed by atoms with E-state index in [9.17, 15) is 27.5 Å². The molecule has 0 radical (unpaired) electrons. The summed E-state index contributed by atoms with van der Waals surface area (Å²) in [6, 6.07) is 7.85. The zero-order valence-corrected chi connectivity index (χ0v) is 18.8. The first-order chi connectivity index (χ1) is 15.9. The van der Waals surface area contributed by atoms with Crippen LogP contribution in [-0.4, -0.2) is 58.9 Å². The molecule has 10 heteroatoms. The van der Waals surface area contributed by atoms with Crippen molar-refractivity contribution in [2.45, 2.75) is 42.8 Å². The van der Waals surface area contributed by atoms with Crippen LogP contribution in [0, 0.1) is 17.7 Å². The molecule has 1 N–H and O–H groups in total. The predicted octanol–water partition coefficient (Wildman–Crippen LogP) is 1.35. The average Bonchev–Trinajstić information content (AvgIpc) is 3.07. The van der Waals surface area contributed by atoms with Crippen LogP contribution in [0.15, 0.2) is 52.2 Å². The number of carbonyl (C=O) groups excluding carboxylic acids is 1. The van der Waals surface area contributed by atoms with Crippen molar-refractivity contribution in [2.24, 2.45) is 11.8 Å². The number of fused-ring (bicyclic) bond motifs is 4. The molecule has 0 aliphatic carbocycles. The number of aromatic nitrogens is 1. The summed E-state index contributed by atoms with van der Waals surface area (Å²) in [5, 5.41) is 10.3. The van der Waals surface area contributed by atoms with Crippen LogP contribution >= 0.6 is 0 Å². The Bertz CT molecular complexity index is 1240. The highest BCUT2D eigenvalue weighted by Crippen LogP contribution is 2.51. The maximum Gasteiger partial charge on any atom is 0.250 e. The molecular formula is C23H26FN3O5S. The molecule has 0 saturated carbocycles. The van der Waals surface area contributed by atoms with E-state index in [1.807, 2.05) is 0 Å². The molecule has 2 saturated heterocycles. The summed E-state index contributed by atoms with van der Waals surface area (Å²) in [6.07, 6.45) is 2.75. The second-order valence-electron chi connectivity index (χ2n) is 8.94.